The molecule has 1 aliphatic carbocycles. The van der Waals surface area contributed by atoms with Crippen LogP contribution >= 0.6 is 11.3 Å². The van der Waals surface area contributed by atoms with Crippen molar-refractivity contribution >= 4 is 23.4 Å². The van der Waals surface area contributed by atoms with E-state index in [0.29, 0.717) is 4.88 Å². The van der Waals surface area contributed by atoms with Crippen molar-refractivity contribution in [1.82, 2.24) is 9.88 Å². The fourth-order valence-electron chi connectivity index (χ4n) is 2.35. The van der Waals surface area contributed by atoms with Crippen LogP contribution in [0.4, 0.5) is 4.79 Å². The Kier molecular flexibility index (Phi) is 4.57. The highest BCUT2D eigenvalue weighted by Crippen LogP contribution is 2.36. The number of benzene rings is 1. The minimum atomic E-state index is -1.07. The second kappa shape index (κ2) is 6.78. The van der Waals surface area contributed by atoms with Crippen molar-refractivity contribution < 1.29 is 19.4 Å². The van der Waals surface area contributed by atoms with Crippen molar-refractivity contribution in [1.29, 1.82) is 0 Å². The van der Waals surface area contributed by atoms with Crippen molar-refractivity contribution in [3.63, 3.8) is 0 Å². The van der Waals surface area contributed by atoms with Gasteiger partial charge in [0.2, 0.25) is 0 Å². The normalized spacial score (nSPS) is 15.0. The molecule has 23 heavy (non-hydrogen) atoms. The number of hydrogen-bond donors (Lipinski definition) is 1. The van der Waals surface area contributed by atoms with Crippen LogP contribution in [0.2, 0.25) is 0 Å². The average Bonchev–Trinajstić information content (AvgIpc) is 3.25. The molecule has 0 radical (unpaired) electrons. The summed E-state index contributed by atoms with van der Waals surface area (Å²) in [6.07, 6.45) is 2.48. The third-order valence-corrected chi connectivity index (χ3v) is 4.42. The van der Waals surface area contributed by atoms with Crippen molar-refractivity contribution in [2.24, 2.45) is 0 Å². The minimum Gasteiger partial charge on any atom is -0.479 e. The van der Waals surface area contributed by atoms with Gasteiger partial charge in [-0.15, -0.1) is 11.3 Å². The van der Waals surface area contributed by atoms with Gasteiger partial charge in [-0.05, 0) is 18.4 Å². The Labute approximate surface area is 137 Å². The second-order valence-electron chi connectivity index (χ2n) is 5.32. The largest absolute Gasteiger partial charge is 0.479 e. The number of carbonyl (C=O) groups is 2. The van der Waals surface area contributed by atoms with Gasteiger partial charge in [-0.1, -0.05) is 30.3 Å². The van der Waals surface area contributed by atoms with E-state index in [2.05, 4.69) is 4.98 Å². The summed E-state index contributed by atoms with van der Waals surface area (Å²) in [5, 5.41) is 9.56. The molecule has 0 bridgehead atoms. The van der Waals surface area contributed by atoms with E-state index in [-0.39, 0.29) is 12.6 Å². The molecule has 1 atom stereocenters. The summed E-state index contributed by atoms with van der Waals surface area (Å²) in [6, 6.07) is 8.18. The molecule has 0 aliphatic heterocycles. The van der Waals surface area contributed by atoms with Crippen molar-refractivity contribution in [2.75, 3.05) is 0 Å². The molecule has 1 aliphatic rings. The first kappa shape index (κ1) is 15.5. The Morgan fingerprint density at radius 2 is 2.09 bits per heavy atom. The first-order valence-electron chi connectivity index (χ1n) is 7.27. The molecule has 6 nitrogen and oxygen atoms in total. The lowest BCUT2D eigenvalue weighted by Gasteiger charge is -2.27. The lowest BCUT2D eigenvalue weighted by molar-refractivity contribution is -0.143. The van der Waals surface area contributed by atoms with Gasteiger partial charge in [0, 0.05) is 12.2 Å². The first-order valence-corrected chi connectivity index (χ1v) is 8.15. The van der Waals surface area contributed by atoms with Gasteiger partial charge in [-0.2, -0.15) is 0 Å². The second-order valence-corrected chi connectivity index (χ2v) is 6.24. The van der Waals surface area contributed by atoms with Crippen LogP contribution in [0.3, 0.4) is 0 Å². The van der Waals surface area contributed by atoms with Crippen LogP contribution in [0, 0.1) is 0 Å². The van der Waals surface area contributed by atoms with Gasteiger partial charge in [0.25, 0.3) is 0 Å². The number of hydrogen-bond acceptors (Lipinski definition) is 5. The van der Waals surface area contributed by atoms with Crippen LogP contribution in [-0.4, -0.2) is 33.1 Å². The maximum Gasteiger partial charge on any atom is 0.411 e. The number of carboxylic acids is 1. The predicted octanol–water partition coefficient (Wildman–Crippen LogP) is 3.07. The van der Waals surface area contributed by atoms with E-state index in [1.807, 2.05) is 30.3 Å². The van der Waals surface area contributed by atoms with E-state index in [4.69, 9.17) is 4.74 Å². The van der Waals surface area contributed by atoms with Gasteiger partial charge in [0.1, 0.15) is 6.61 Å². The highest BCUT2D eigenvalue weighted by atomic mass is 32.1. The van der Waals surface area contributed by atoms with Gasteiger partial charge < -0.3 is 9.84 Å². The van der Waals surface area contributed by atoms with Gasteiger partial charge in [-0.3, -0.25) is 9.88 Å². The number of thiazole rings is 1. The summed E-state index contributed by atoms with van der Waals surface area (Å²) in [6.45, 7) is 0.123. The summed E-state index contributed by atoms with van der Waals surface area (Å²) in [7, 11) is 0. The number of carboxylic acid groups (broad SMARTS) is 1. The van der Waals surface area contributed by atoms with Crippen molar-refractivity contribution in [3.8, 4) is 0 Å². The fraction of sp³-hybridized carbons (Fsp3) is 0.312. The highest BCUT2D eigenvalue weighted by Gasteiger charge is 2.43. The van der Waals surface area contributed by atoms with Gasteiger partial charge in [0.15, 0.2) is 6.04 Å². The molecule has 1 aromatic heterocycles. The van der Waals surface area contributed by atoms with E-state index in [1.165, 1.54) is 22.4 Å². The molecule has 0 saturated heterocycles. The average molecular weight is 332 g/mol. The number of aromatic nitrogens is 1. The van der Waals surface area contributed by atoms with Crippen LogP contribution in [0.25, 0.3) is 0 Å². The zero-order valence-electron chi connectivity index (χ0n) is 12.3. The smallest absolute Gasteiger partial charge is 0.411 e. The van der Waals surface area contributed by atoms with Crippen LogP contribution in [-0.2, 0) is 16.1 Å². The zero-order chi connectivity index (χ0) is 16.2. The van der Waals surface area contributed by atoms with Gasteiger partial charge >= 0.3 is 12.1 Å². The molecule has 1 saturated carbocycles. The zero-order valence-corrected chi connectivity index (χ0v) is 13.1. The molecule has 120 valence electrons. The number of aliphatic carboxylic acids is 1. The van der Waals surface area contributed by atoms with Crippen molar-refractivity contribution in [3.05, 3.63) is 52.5 Å². The molecule has 7 heteroatoms. The number of carbonyl (C=O) groups excluding carboxylic acids is 1. The number of rotatable bonds is 6. The van der Waals surface area contributed by atoms with E-state index in [1.54, 1.807) is 5.51 Å². The molecule has 1 heterocycles. The maximum atomic E-state index is 12.5. The minimum absolute atomic E-state index is 0.0820. The lowest BCUT2D eigenvalue weighted by Crippen LogP contribution is -2.40. The molecule has 1 amide bonds. The number of amides is 1. The maximum absolute atomic E-state index is 12.5. The van der Waals surface area contributed by atoms with E-state index in [9.17, 15) is 14.7 Å². The molecule has 1 unspecified atom stereocenters. The monoisotopic (exact) mass is 332 g/mol. The Morgan fingerprint density at radius 1 is 1.35 bits per heavy atom. The predicted molar refractivity (Wildman–Crippen MR) is 84.0 cm³/mol. The summed E-state index contributed by atoms with van der Waals surface area (Å²) in [5.74, 6) is -1.07. The standard InChI is InChI=1S/C16H16N2O4S/c19-15(20)14(13-8-17-10-23-13)18(12-6-7-12)16(21)22-9-11-4-2-1-3-5-11/h1-5,8,10,12,14H,6-7,9H2,(H,19,20). The fourth-order valence-corrected chi connectivity index (χ4v) is 3.06. The quantitative estimate of drug-likeness (QED) is 0.879. The first-order chi connectivity index (χ1) is 11.2. The summed E-state index contributed by atoms with van der Waals surface area (Å²) < 4.78 is 5.33. The third kappa shape index (κ3) is 3.68. The van der Waals surface area contributed by atoms with Crippen LogP contribution in [0.1, 0.15) is 29.3 Å². The lowest BCUT2D eigenvalue weighted by atomic mass is 10.2. The Bertz CT molecular complexity index is 671. The highest BCUT2D eigenvalue weighted by molar-refractivity contribution is 7.09. The van der Waals surface area contributed by atoms with Crippen LogP contribution in [0.5, 0.6) is 0 Å². The summed E-state index contributed by atoms with van der Waals surface area (Å²) in [4.78, 5) is 29.9. The van der Waals surface area contributed by atoms with Crippen LogP contribution in [0.15, 0.2) is 42.0 Å². The molecule has 0 spiro atoms. The number of ether oxygens (including phenoxy) is 1. The van der Waals surface area contributed by atoms with Crippen molar-refractivity contribution in [2.45, 2.75) is 31.5 Å². The van der Waals surface area contributed by atoms with Gasteiger partial charge in [-0.25, -0.2) is 9.59 Å². The molecule has 1 N–H and O–H groups in total. The topological polar surface area (TPSA) is 79.7 Å². The molecular formula is C16H16N2O4S. The van der Waals surface area contributed by atoms with E-state index >= 15 is 0 Å². The molecule has 1 fully saturated rings. The molecule has 3 rings (SSSR count). The Morgan fingerprint density at radius 3 is 2.65 bits per heavy atom. The third-order valence-electron chi connectivity index (χ3n) is 3.59. The van der Waals surface area contributed by atoms with Crippen LogP contribution < -0.4 is 0 Å². The van der Waals surface area contributed by atoms with E-state index in [0.717, 1.165) is 18.4 Å². The molecule has 1 aromatic carbocycles. The molecule has 2 aromatic rings. The van der Waals surface area contributed by atoms with Gasteiger partial charge in [0.05, 0.1) is 10.4 Å². The number of nitrogens with zero attached hydrogens (tertiary/aromatic N) is 2. The summed E-state index contributed by atoms with van der Waals surface area (Å²) in [5.41, 5.74) is 2.42. The Hall–Kier alpha value is -2.41. The molecular weight excluding hydrogens is 316 g/mol. The summed E-state index contributed by atoms with van der Waals surface area (Å²) >= 11 is 1.22. The van der Waals surface area contributed by atoms with E-state index < -0.39 is 18.1 Å². The SMILES string of the molecule is O=C(O)C(c1cncs1)N(C(=O)OCc1ccccc1)C1CC1. The Balaban J connectivity index is 1.75.